The van der Waals surface area contributed by atoms with E-state index in [0.29, 0.717) is 0 Å². The monoisotopic (exact) mass is 213 g/mol. The highest BCUT2D eigenvalue weighted by molar-refractivity contribution is 5.65. The molecule has 0 bridgehead atoms. The van der Waals surface area contributed by atoms with Crippen LogP contribution in [0.3, 0.4) is 0 Å². The van der Waals surface area contributed by atoms with Crippen molar-refractivity contribution in [3.05, 3.63) is 60.3 Å². The summed E-state index contributed by atoms with van der Waals surface area (Å²) in [5.74, 6) is 1.09. The molecule has 0 N–H and O–H groups in total. The molecule has 1 aromatic heterocycles. The maximum atomic E-state index is 5.34. The molecule has 0 spiro atoms. The molecule has 0 aliphatic rings. The molecule has 2 rings (SSSR count). The summed E-state index contributed by atoms with van der Waals surface area (Å²) < 4.78 is 5.34. The molecule has 1 aromatic carbocycles. The van der Waals surface area contributed by atoms with E-state index in [4.69, 9.17) is 4.42 Å². The van der Waals surface area contributed by atoms with Crippen molar-refractivity contribution in [3.8, 4) is 0 Å². The van der Waals surface area contributed by atoms with Crippen LogP contribution in [-0.4, -0.2) is 4.98 Å². The zero-order chi connectivity index (χ0) is 11.5. The summed E-state index contributed by atoms with van der Waals surface area (Å²) >= 11 is 0. The van der Waals surface area contributed by atoms with E-state index in [1.165, 1.54) is 17.5 Å². The number of hydrogen-bond donors (Lipinski definition) is 0. The van der Waals surface area contributed by atoms with E-state index in [1.807, 2.05) is 19.1 Å². The number of aromatic nitrogens is 1. The summed E-state index contributed by atoms with van der Waals surface area (Å²) in [4.78, 5) is 3.95. The molecular weight excluding hydrogens is 198 g/mol. The molecule has 0 saturated heterocycles. The fourth-order valence-electron chi connectivity index (χ4n) is 1.86. The van der Waals surface area contributed by atoms with Gasteiger partial charge in [-0.05, 0) is 18.1 Å². The van der Waals surface area contributed by atoms with Crippen molar-refractivity contribution in [2.24, 2.45) is 0 Å². The molecule has 0 aliphatic heterocycles. The largest absolute Gasteiger partial charge is 0.448 e. The van der Waals surface area contributed by atoms with E-state index in [-0.39, 0.29) is 5.92 Å². The molecule has 0 radical (unpaired) electrons. The average molecular weight is 213 g/mol. The molecule has 2 heteroatoms. The van der Waals surface area contributed by atoms with Gasteiger partial charge in [-0.2, -0.15) is 0 Å². The van der Waals surface area contributed by atoms with E-state index in [2.05, 4.69) is 30.6 Å². The molecule has 16 heavy (non-hydrogen) atoms. The Kier molecular flexibility index (Phi) is 2.91. The first-order chi connectivity index (χ1) is 7.70. The van der Waals surface area contributed by atoms with Gasteiger partial charge in [-0.3, -0.25) is 0 Å². The normalized spacial score (nSPS) is 12.4. The van der Waals surface area contributed by atoms with Crippen LogP contribution in [0, 0.1) is 0 Å². The zero-order valence-electron chi connectivity index (χ0n) is 9.60. The molecular formula is C14H15NO. The summed E-state index contributed by atoms with van der Waals surface area (Å²) in [5.41, 5.74) is 3.49. The Labute approximate surface area is 95.6 Å². The van der Waals surface area contributed by atoms with Crippen molar-refractivity contribution < 1.29 is 4.42 Å². The summed E-state index contributed by atoms with van der Waals surface area (Å²) in [5, 5.41) is 0. The third-order valence-electron chi connectivity index (χ3n) is 2.77. The lowest BCUT2D eigenvalue weighted by Crippen LogP contribution is -1.98. The number of hydrogen-bond acceptors (Lipinski definition) is 2. The minimum atomic E-state index is 0.204. The Bertz CT molecular complexity index is 485. The number of rotatable bonds is 3. The third kappa shape index (κ3) is 1.91. The summed E-state index contributed by atoms with van der Waals surface area (Å²) in [6.07, 6.45) is 3.23. The van der Waals surface area contributed by atoms with Crippen molar-refractivity contribution in [1.29, 1.82) is 0 Å². The van der Waals surface area contributed by atoms with E-state index in [0.717, 1.165) is 11.3 Å². The molecule has 0 saturated carbocycles. The lowest BCUT2D eigenvalue weighted by molar-refractivity contribution is 0.490. The highest BCUT2D eigenvalue weighted by Gasteiger charge is 2.15. The topological polar surface area (TPSA) is 26.0 Å². The van der Waals surface area contributed by atoms with Crippen LogP contribution >= 0.6 is 0 Å². The van der Waals surface area contributed by atoms with Gasteiger partial charge in [0.1, 0.15) is 5.76 Å². The van der Waals surface area contributed by atoms with Gasteiger partial charge in [0.25, 0.3) is 0 Å². The summed E-state index contributed by atoms with van der Waals surface area (Å²) in [6, 6.07) is 8.26. The van der Waals surface area contributed by atoms with E-state index >= 15 is 0 Å². The summed E-state index contributed by atoms with van der Waals surface area (Å²) in [6.45, 7) is 8.14. The van der Waals surface area contributed by atoms with Gasteiger partial charge in [0.2, 0.25) is 0 Å². The molecule has 0 aliphatic carbocycles. The lowest BCUT2D eigenvalue weighted by Gasteiger charge is -2.14. The average Bonchev–Trinajstić information content (AvgIpc) is 2.81. The zero-order valence-corrected chi connectivity index (χ0v) is 9.60. The van der Waals surface area contributed by atoms with Crippen LogP contribution in [0.25, 0.3) is 5.57 Å². The van der Waals surface area contributed by atoms with Gasteiger partial charge in [0, 0.05) is 5.92 Å². The number of oxazole rings is 1. The Hall–Kier alpha value is -1.83. The van der Waals surface area contributed by atoms with Gasteiger partial charge in [-0.15, -0.1) is 0 Å². The quantitative estimate of drug-likeness (QED) is 0.773. The predicted molar refractivity (Wildman–Crippen MR) is 65.2 cm³/mol. The van der Waals surface area contributed by atoms with Gasteiger partial charge in [-0.1, -0.05) is 43.3 Å². The fraction of sp³-hybridized carbons (Fsp3) is 0.214. The first kappa shape index (κ1) is 10.7. The smallest absolute Gasteiger partial charge is 0.180 e. The Morgan fingerprint density at radius 1 is 1.38 bits per heavy atom. The molecule has 1 atom stereocenters. The van der Waals surface area contributed by atoms with Crippen LogP contribution in [0.15, 0.2) is 47.9 Å². The second-order valence-corrected chi connectivity index (χ2v) is 3.99. The van der Waals surface area contributed by atoms with E-state index in [9.17, 15) is 0 Å². The van der Waals surface area contributed by atoms with E-state index in [1.54, 1.807) is 6.20 Å². The van der Waals surface area contributed by atoms with Crippen molar-refractivity contribution in [1.82, 2.24) is 4.98 Å². The Morgan fingerprint density at radius 2 is 2.12 bits per heavy atom. The molecule has 0 amide bonds. The number of allylic oxidation sites excluding steroid dienone is 1. The summed E-state index contributed by atoms with van der Waals surface area (Å²) in [7, 11) is 0. The highest BCUT2D eigenvalue weighted by atomic mass is 16.3. The Morgan fingerprint density at radius 3 is 2.75 bits per heavy atom. The first-order valence-corrected chi connectivity index (χ1v) is 5.33. The SMILES string of the molecule is C=C(C)c1ccccc1C(C)c1cnco1. The Balaban J connectivity index is 2.44. The molecule has 82 valence electrons. The molecule has 1 heterocycles. The maximum absolute atomic E-state index is 5.34. The maximum Gasteiger partial charge on any atom is 0.180 e. The van der Waals surface area contributed by atoms with Gasteiger partial charge < -0.3 is 4.42 Å². The van der Waals surface area contributed by atoms with Crippen molar-refractivity contribution >= 4 is 5.57 Å². The standard InChI is InChI=1S/C14H15NO/c1-10(2)12-6-4-5-7-13(12)11(3)14-8-15-9-16-14/h4-9,11H,1H2,2-3H3. The third-order valence-corrected chi connectivity index (χ3v) is 2.77. The van der Waals surface area contributed by atoms with Crippen molar-refractivity contribution in [3.63, 3.8) is 0 Å². The van der Waals surface area contributed by atoms with Crippen LogP contribution < -0.4 is 0 Å². The van der Waals surface area contributed by atoms with Gasteiger partial charge in [0.05, 0.1) is 6.20 Å². The number of nitrogens with zero attached hydrogens (tertiary/aromatic N) is 1. The number of benzene rings is 1. The van der Waals surface area contributed by atoms with E-state index < -0.39 is 0 Å². The highest BCUT2D eigenvalue weighted by Crippen LogP contribution is 2.29. The minimum Gasteiger partial charge on any atom is -0.448 e. The van der Waals surface area contributed by atoms with Gasteiger partial charge >= 0.3 is 0 Å². The van der Waals surface area contributed by atoms with Gasteiger partial charge in [-0.25, -0.2) is 4.98 Å². The second kappa shape index (κ2) is 4.35. The fourth-order valence-corrected chi connectivity index (χ4v) is 1.86. The van der Waals surface area contributed by atoms with Crippen LogP contribution in [0.5, 0.6) is 0 Å². The minimum absolute atomic E-state index is 0.204. The van der Waals surface area contributed by atoms with Crippen molar-refractivity contribution in [2.75, 3.05) is 0 Å². The van der Waals surface area contributed by atoms with Crippen LogP contribution in [0.1, 0.15) is 36.7 Å². The van der Waals surface area contributed by atoms with Crippen LogP contribution in [0.4, 0.5) is 0 Å². The molecule has 1 unspecified atom stereocenters. The van der Waals surface area contributed by atoms with Crippen LogP contribution in [0.2, 0.25) is 0 Å². The predicted octanol–water partition coefficient (Wildman–Crippen LogP) is 3.86. The first-order valence-electron chi connectivity index (χ1n) is 5.33. The molecule has 0 fully saturated rings. The lowest BCUT2D eigenvalue weighted by atomic mass is 9.91. The molecule has 2 aromatic rings. The van der Waals surface area contributed by atoms with Crippen molar-refractivity contribution in [2.45, 2.75) is 19.8 Å². The molecule has 2 nitrogen and oxygen atoms in total. The van der Waals surface area contributed by atoms with Crippen LogP contribution in [-0.2, 0) is 0 Å². The second-order valence-electron chi connectivity index (χ2n) is 3.99. The van der Waals surface area contributed by atoms with Gasteiger partial charge in [0.15, 0.2) is 6.39 Å².